The van der Waals surface area contributed by atoms with E-state index in [2.05, 4.69) is 9.72 Å². The molecule has 0 saturated heterocycles. The first-order valence-electron chi connectivity index (χ1n) is 4.23. The number of halogens is 2. The van der Waals surface area contributed by atoms with Gasteiger partial charge in [-0.1, -0.05) is 0 Å². The van der Waals surface area contributed by atoms with Gasteiger partial charge in [0, 0.05) is 6.92 Å². The molecule has 0 unspecified atom stereocenters. The van der Waals surface area contributed by atoms with Gasteiger partial charge in [0.05, 0.1) is 18.4 Å². The molecule has 0 bridgehead atoms. The Balaban J connectivity index is 3.44. The second-order valence-corrected chi connectivity index (χ2v) is 3.18. The van der Waals surface area contributed by atoms with Crippen LogP contribution in [0, 0.1) is 0 Å². The highest BCUT2D eigenvalue weighted by Gasteiger charge is 2.31. The van der Waals surface area contributed by atoms with Gasteiger partial charge in [0.15, 0.2) is 5.69 Å². The van der Waals surface area contributed by atoms with Gasteiger partial charge in [-0.2, -0.15) is 0 Å². The van der Waals surface area contributed by atoms with Crippen molar-refractivity contribution < 1.29 is 23.4 Å². The molecule has 1 aromatic rings. The number of carbonyl (C=O) groups is 1. The molecule has 1 aromatic heterocycles. The molecule has 0 saturated carbocycles. The summed E-state index contributed by atoms with van der Waals surface area (Å²) in [5.74, 6) is -5.05. The standard InChI is InChI=1S/C9H10F2N2O3/c1-9(10,11)4-3-5(12)6(8(14)15)13-7(4)16-2/h3H,12H2,1-2H3,(H,14,15). The molecule has 0 aliphatic heterocycles. The molecule has 88 valence electrons. The van der Waals surface area contributed by atoms with Crippen LogP contribution in [0.1, 0.15) is 23.0 Å². The smallest absolute Gasteiger partial charge is 0.356 e. The number of aromatic nitrogens is 1. The van der Waals surface area contributed by atoms with Gasteiger partial charge in [-0.05, 0) is 6.07 Å². The summed E-state index contributed by atoms with van der Waals surface area (Å²) in [5, 5.41) is 8.69. The van der Waals surface area contributed by atoms with E-state index in [1.54, 1.807) is 0 Å². The van der Waals surface area contributed by atoms with E-state index in [9.17, 15) is 13.6 Å². The lowest BCUT2D eigenvalue weighted by Crippen LogP contribution is -2.15. The predicted molar refractivity (Wildman–Crippen MR) is 51.7 cm³/mol. The lowest BCUT2D eigenvalue weighted by atomic mass is 10.1. The number of carboxylic acid groups (broad SMARTS) is 1. The zero-order valence-corrected chi connectivity index (χ0v) is 8.62. The van der Waals surface area contributed by atoms with E-state index < -0.39 is 29.0 Å². The van der Waals surface area contributed by atoms with Crippen LogP contribution in [0.25, 0.3) is 0 Å². The maximum atomic E-state index is 13.1. The van der Waals surface area contributed by atoms with E-state index in [0.29, 0.717) is 6.92 Å². The van der Waals surface area contributed by atoms with Gasteiger partial charge in [0.25, 0.3) is 5.92 Å². The van der Waals surface area contributed by atoms with Crippen LogP contribution in [0.4, 0.5) is 14.5 Å². The topological polar surface area (TPSA) is 85.4 Å². The Kier molecular flexibility index (Phi) is 2.97. The fraction of sp³-hybridized carbons (Fsp3) is 0.333. The third-order valence-corrected chi connectivity index (χ3v) is 1.89. The maximum absolute atomic E-state index is 13.1. The molecule has 0 radical (unpaired) electrons. The number of hydrogen-bond donors (Lipinski definition) is 2. The lowest BCUT2D eigenvalue weighted by Gasteiger charge is -2.15. The fourth-order valence-corrected chi connectivity index (χ4v) is 1.15. The van der Waals surface area contributed by atoms with Gasteiger partial charge < -0.3 is 15.6 Å². The number of rotatable bonds is 3. The first kappa shape index (κ1) is 12.2. The Labute approximate surface area is 89.9 Å². The second kappa shape index (κ2) is 3.92. The van der Waals surface area contributed by atoms with Crippen LogP contribution in [-0.4, -0.2) is 23.2 Å². The van der Waals surface area contributed by atoms with Gasteiger partial charge in [0.2, 0.25) is 5.88 Å². The zero-order valence-electron chi connectivity index (χ0n) is 8.62. The molecule has 0 atom stereocenters. The average Bonchev–Trinajstić information content (AvgIpc) is 2.15. The summed E-state index contributed by atoms with van der Waals surface area (Å²) in [4.78, 5) is 14.1. The molecule has 0 aromatic carbocycles. The van der Waals surface area contributed by atoms with Crippen molar-refractivity contribution in [1.29, 1.82) is 0 Å². The Morgan fingerprint density at radius 2 is 2.19 bits per heavy atom. The molecular formula is C9H10F2N2O3. The molecule has 3 N–H and O–H groups in total. The number of nitrogen functional groups attached to an aromatic ring is 1. The highest BCUT2D eigenvalue weighted by atomic mass is 19.3. The number of methoxy groups -OCH3 is 1. The van der Waals surface area contributed by atoms with Gasteiger partial charge in [-0.3, -0.25) is 0 Å². The summed E-state index contributed by atoms with van der Waals surface area (Å²) < 4.78 is 30.8. The van der Waals surface area contributed by atoms with Crippen molar-refractivity contribution >= 4 is 11.7 Å². The Morgan fingerprint density at radius 3 is 2.56 bits per heavy atom. The quantitative estimate of drug-likeness (QED) is 0.824. The van der Waals surface area contributed by atoms with Gasteiger partial charge >= 0.3 is 5.97 Å². The Morgan fingerprint density at radius 1 is 1.62 bits per heavy atom. The van der Waals surface area contributed by atoms with Crippen LogP contribution in [0.15, 0.2) is 6.07 Å². The summed E-state index contributed by atoms with van der Waals surface area (Å²) in [5.41, 5.74) is 3.93. The predicted octanol–water partition coefficient (Wildman–Crippen LogP) is 1.48. The number of pyridine rings is 1. The number of ether oxygens (including phenoxy) is 1. The van der Waals surface area contributed by atoms with E-state index in [0.717, 1.165) is 13.2 Å². The van der Waals surface area contributed by atoms with Crippen LogP contribution >= 0.6 is 0 Å². The zero-order chi connectivity index (χ0) is 12.5. The largest absolute Gasteiger partial charge is 0.481 e. The number of aromatic carboxylic acids is 1. The SMILES string of the molecule is COc1nc(C(=O)O)c(N)cc1C(C)(F)F. The molecule has 5 nitrogen and oxygen atoms in total. The molecule has 7 heteroatoms. The monoisotopic (exact) mass is 232 g/mol. The molecule has 0 aliphatic rings. The minimum atomic E-state index is -3.20. The summed E-state index contributed by atoms with van der Waals surface area (Å²) >= 11 is 0. The minimum Gasteiger partial charge on any atom is -0.481 e. The minimum absolute atomic E-state index is 0.329. The maximum Gasteiger partial charge on any atom is 0.356 e. The molecule has 0 spiro atoms. The van der Waals surface area contributed by atoms with E-state index in [4.69, 9.17) is 10.8 Å². The van der Waals surface area contributed by atoms with Crippen LogP contribution in [0.3, 0.4) is 0 Å². The summed E-state index contributed by atoms with van der Waals surface area (Å²) in [7, 11) is 1.12. The molecule has 0 amide bonds. The van der Waals surface area contributed by atoms with Crippen molar-refractivity contribution in [3.8, 4) is 5.88 Å². The number of nitrogens with zero attached hydrogens (tertiary/aromatic N) is 1. The lowest BCUT2D eigenvalue weighted by molar-refractivity contribution is 0.0143. The van der Waals surface area contributed by atoms with Gasteiger partial charge in [0.1, 0.15) is 0 Å². The van der Waals surface area contributed by atoms with Crippen LogP contribution in [-0.2, 0) is 5.92 Å². The van der Waals surface area contributed by atoms with Crippen molar-refractivity contribution in [3.63, 3.8) is 0 Å². The summed E-state index contributed by atoms with van der Waals surface area (Å²) in [6.07, 6.45) is 0. The number of alkyl halides is 2. The van der Waals surface area contributed by atoms with Crippen molar-refractivity contribution in [3.05, 3.63) is 17.3 Å². The molecule has 0 aliphatic carbocycles. The normalized spacial score (nSPS) is 11.2. The highest BCUT2D eigenvalue weighted by molar-refractivity contribution is 5.91. The van der Waals surface area contributed by atoms with Crippen LogP contribution < -0.4 is 10.5 Å². The van der Waals surface area contributed by atoms with Crippen molar-refractivity contribution in [2.75, 3.05) is 12.8 Å². The molecule has 16 heavy (non-hydrogen) atoms. The van der Waals surface area contributed by atoms with Crippen LogP contribution in [0.5, 0.6) is 5.88 Å². The molecule has 0 fully saturated rings. The molecule has 1 rings (SSSR count). The van der Waals surface area contributed by atoms with E-state index in [1.165, 1.54) is 0 Å². The number of anilines is 1. The first-order chi connectivity index (χ1) is 7.27. The van der Waals surface area contributed by atoms with Crippen molar-refractivity contribution in [2.45, 2.75) is 12.8 Å². The van der Waals surface area contributed by atoms with Gasteiger partial charge in [-0.15, -0.1) is 0 Å². The Hall–Kier alpha value is -1.92. The third kappa shape index (κ3) is 2.18. The molecular weight excluding hydrogens is 222 g/mol. The Bertz CT molecular complexity index is 429. The van der Waals surface area contributed by atoms with E-state index in [-0.39, 0.29) is 5.69 Å². The number of carboxylic acids is 1. The number of nitrogens with two attached hydrogens (primary N) is 1. The van der Waals surface area contributed by atoms with Crippen LogP contribution in [0.2, 0.25) is 0 Å². The van der Waals surface area contributed by atoms with E-state index in [1.807, 2.05) is 0 Å². The summed E-state index contributed by atoms with van der Waals surface area (Å²) in [6, 6.07) is 0.856. The molecule has 1 heterocycles. The fourth-order valence-electron chi connectivity index (χ4n) is 1.15. The highest BCUT2D eigenvalue weighted by Crippen LogP contribution is 2.35. The van der Waals surface area contributed by atoms with Crippen molar-refractivity contribution in [1.82, 2.24) is 4.98 Å². The average molecular weight is 232 g/mol. The van der Waals surface area contributed by atoms with Crippen molar-refractivity contribution in [2.24, 2.45) is 0 Å². The van der Waals surface area contributed by atoms with Gasteiger partial charge in [-0.25, -0.2) is 18.6 Å². The first-order valence-corrected chi connectivity index (χ1v) is 4.23. The third-order valence-electron chi connectivity index (χ3n) is 1.89. The number of hydrogen-bond acceptors (Lipinski definition) is 4. The summed E-state index contributed by atoms with van der Waals surface area (Å²) in [6.45, 7) is 0.645. The van der Waals surface area contributed by atoms with E-state index >= 15 is 0 Å². The second-order valence-electron chi connectivity index (χ2n) is 3.18.